The molecule has 0 aliphatic heterocycles. The van der Waals surface area contributed by atoms with Gasteiger partial charge in [0.25, 0.3) is 0 Å². The fourth-order valence-corrected chi connectivity index (χ4v) is 2.06. The molecule has 4 nitrogen and oxygen atoms in total. The van der Waals surface area contributed by atoms with E-state index >= 15 is 0 Å². The number of rotatable bonds is 0. The molecule has 0 aromatic heterocycles. The second kappa shape index (κ2) is 10.6. The third kappa shape index (κ3) is 7.75. The van der Waals surface area contributed by atoms with E-state index in [4.69, 9.17) is 66.8 Å². The van der Waals surface area contributed by atoms with Gasteiger partial charge < -0.3 is 20.4 Å². The van der Waals surface area contributed by atoms with Crippen molar-refractivity contribution in [1.29, 1.82) is 0 Å². The van der Waals surface area contributed by atoms with Crippen LogP contribution in [0.3, 0.4) is 0 Å². The van der Waals surface area contributed by atoms with Crippen molar-refractivity contribution in [3.05, 3.63) is 44.4 Å². The summed E-state index contributed by atoms with van der Waals surface area (Å²) in [6, 6.07) is 4.84. The van der Waals surface area contributed by atoms with Crippen molar-refractivity contribution >= 4 is 46.4 Å². The topological polar surface area (TPSA) is 80.9 Å². The number of hydrogen-bond donors (Lipinski definition) is 4. The molecule has 0 aliphatic carbocycles. The molecule has 0 spiro atoms. The Morgan fingerprint density at radius 1 is 0.609 bits per heavy atom. The summed E-state index contributed by atoms with van der Waals surface area (Å²) < 4.78 is 0. The first-order chi connectivity index (χ1) is 10.6. The fourth-order valence-electron chi connectivity index (χ4n) is 1.10. The van der Waals surface area contributed by atoms with Crippen molar-refractivity contribution < 1.29 is 20.4 Å². The lowest BCUT2D eigenvalue weighted by Gasteiger charge is -1.98. The predicted octanol–water partition coefficient (Wildman–Crippen LogP) is 6.23. The summed E-state index contributed by atoms with van der Waals surface area (Å²) in [7, 11) is 0. The minimum atomic E-state index is -0.207. The first kappa shape index (κ1) is 21.8. The van der Waals surface area contributed by atoms with Crippen molar-refractivity contribution in [3.8, 4) is 23.0 Å². The maximum atomic E-state index is 8.96. The Labute approximate surface area is 154 Å². The van der Waals surface area contributed by atoms with Gasteiger partial charge in [-0.1, -0.05) is 66.7 Å². The second-order valence-electron chi connectivity index (χ2n) is 4.22. The molecule has 23 heavy (non-hydrogen) atoms. The standard InChI is InChI=1S/2C6H4Cl2O2.C3H8/c2*7-4-1-3(9)2-5(8)6(4)10;1-3-2/h2*1-2,9-10H;3H2,1-2H3. The van der Waals surface area contributed by atoms with Crippen LogP contribution >= 0.6 is 46.4 Å². The third-order valence-electron chi connectivity index (χ3n) is 2.00. The Kier molecular flexibility index (Phi) is 10.0. The predicted molar refractivity (Wildman–Crippen MR) is 95.5 cm³/mol. The molecule has 0 unspecified atom stereocenters. The highest BCUT2D eigenvalue weighted by molar-refractivity contribution is 6.37. The van der Waals surface area contributed by atoms with Gasteiger partial charge in [-0.15, -0.1) is 0 Å². The molecule has 0 atom stereocenters. The van der Waals surface area contributed by atoms with E-state index in [-0.39, 0.29) is 43.1 Å². The van der Waals surface area contributed by atoms with Gasteiger partial charge in [-0.25, -0.2) is 0 Å². The molecular weight excluding hydrogens is 386 g/mol. The minimum Gasteiger partial charge on any atom is -0.508 e. The molecule has 0 saturated carbocycles. The summed E-state index contributed by atoms with van der Waals surface area (Å²) in [5, 5.41) is 35.8. The van der Waals surface area contributed by atoms with E-state index in [1.807, 2.05) is 0 Å². The minimum absolute atomic E-state index is 0.0463. The van der Waals surface area contributed by atoms with E-state index in [2.05, 4.69) is 13.8 Å². The molecule has 8 heteroatoms. The van der Waals surface area contributed by atoms with Gasteiger partial charge >= 0.3 is 0 Å². The number of phenols is 4. The van der Waals surface area contributed by atoms with Crippen LogP contribution in [-0.4, -0.2) is 20.4 Å². The summed E-state index contributed by atoms with van der Waals surface area (Å²) in [4.78, 5) is 0. The first-order valence-electron chi connectivity index (χ1n) is 6.37. The Balaban J connectivity index is 0.000000360. The Hall–Kier alpha value is -1.20. The zero-order valence-electron chi connectivity index (χ0n) is 12.3. The van der Waals surface area contributed by atoms with Crippen molar-refractivity contribution in [2.75, 3.05) is 0 Å². The lowest BCUT2D eigenvalue weighted by molar-refractivity contribution is 0.460. The average Bonchev–Trinajstić information content (AvgIpc) is 2.43. The Bertz CT molecular complexity index is 546. The molecule has 128 valence electrons. The van der Waals surface area contributed by atoms with Crippen molar-refractivity contribution in [2.24, 2.45) is 0 Å². The van der Waals surface area contributed by atoms with Gasteiger partial charge in [-0.2, -0.15) is 0 Å². The zero-order valence-corrected chi connectivity index (χ0v) is 15.3. The highest BCUT2D eigenvalue weighted by atomic mass is 35.5. The Morgan fingerprint density at radius 2 is 0.783 bits per heavy atom. The number of halogens is 4. The maximum Gasteiger partial charge on any atom is 0.153 e. The molecule has 0 aliphatic rings. The van der Waals surface area contributed by atoms with Crippen LogP contribution in [-0.2, 0) is 0 Å². The fraction of sp³-hybridized carbons (Fsp3) is 0.200. The van der Waals surface area contributed by atoms with Crippen LogP contribution in [0.25, 0.3) is 0 Å². The van der Waals surface area contributed by atoms with Crippen molar-refractivity contribution in [1.82, 2.24) is 0 Å². The van der Waals surface area contributed by atoms with Gasteiger partial charge in [0, 0.05) is 24.3 Å². The molecule has 0 saturated heterocycles. The quantitative estimate of drug-likeness (QED) is 0.394. The second-order valence-corrected chi connectivity index (χ2v) is 5.85. The maximum absolute atomic E-state index is 8.96. The molecule has 2 aromatic carbocycles. The van der Waals surface area contributed by atoms with Gasteiger partial charge in [-0.3, -0.25) is 0 Å². The van der Waals surface area contributed by atoms with Gasteiger partial charge in [0.1, 0.15) is 11.5 Å². The van der Waals surface area contributed by atoms with Crippen LogP contribution in [0.15, 0.2) is 24.3 Å². The molecular formula is C15H16Cl4O4. The summed E-state index contributed by atoms with van der Waals surface area (Å²) >= 11 is 21.7. The Morgan fingerprint density at radius 3 is 0.957 bits per heavy atom. The average molecular weight is 402 g/mol. The number of benzene rings is 2. The summed E-state index contributed by atoms with van der Waals surface area (Å²) in [5.74, 6) is -0.539. The molecule has 4 N–H and O–H groups in total. The van der Waals surface area contributed by atoms with Crippen LogP contribution in [0, 0.1) is 0 Å². The van der Waals surface area contributed by atoms with E-state index in [0.29, 0.717) is 0 Å². The number of aromatic hydroxyl groups is 4. The van der Waals surface area contributed by atoms with Gasteiger partial charge in [-0.05, 0) is 0 Å². The largest absolute Gasteiger partial charge is 0.508 e. The smallest absolute Gasteiger partial charge is 0.153 e. The van der Waals surface area contributed by atoms with Crippen molar-refractivity contribution in [3.63, 3.8) is 0 Å². The normalized spacial score (nSPS) is 9.30. The summed E-state index contributed by atoms with van der Waals surface area (Å²) in [5.41, 5.74) is 0. The molecule has 0 fully saturated rings. The van der Waals surface area contributed by atoms with Crippen LogP contribution in [0.1, 0.15) is 20.3 Å². The summed E-state index contributed by atoms with van der Waals surface area (Å²) in [6.45, 7) is 4.25. The van der Waals surface area contributed by atoms with Crippen LogP contribution < -0.4 is 0 Å². The lowest BCUT2D eigenvalue weighted by atomic mass is 10.3. The van der Waals surface area contributed by atoms with Gasteiger partial charge in [0.2, 0.25) is 0 Å². The SMILES string of the molecule is CCC.Oc1cc(Cl)c(O)c(Cl)c1.Oc1cc(Cl)c(O)c(Cl)c1. The molecule has 2 rings (SSSR count). The first-order valence-corrected chi connectivity index (χ1v) is 7.89. The molecule has 0 amide bonds. The van der Waals surface area contributed by atoms with Crippen LogP contribution in [0.2, 0.25) is 20.1 Å². The van der Waals surface area contributed by atoms with E-state index in [0.717, 1.165) is 0 Å². The van der Waals surface area contributed by atoms with Gasteiger partial charge in [0.15, 0.2) is 11.5 Å². The molecule has 0 heterocycles. The van der Waals surface area contributed by atoms with Crippen LogP contribution in [0.5, 0.6) is 23.0 Å². The molecule has 2 aromatic rings. The van der Waals surface area contributed by atoms with Gasteiger partial charge in [0.05, 0.1) is 20.1 Å². The van der Waals surface area contributed by atoms with E-state index < -0.39 is 0 Å². The monoisotopic (exact) mass is 400 g/mol. The summed E-state index contributed by atoms with van der Waals surface area (Å²) in [6.07, 6.45) is 1.25. The third-order valence-corrected chi connectivity index (χ3v) is 3.16. The number of hydrogen-bond acceptors (Lipinski definition) is 4. The van der Waals surface area contributed by atoms with Crippen LogP contribution in [0.4, 0.5) is 0 Å². The van der Waals surface area contributed by atoms with E-state index in [1.165, 1.54) is 30.7 Å². The zero-order chi connectivity index (χ0) is 18.2. The van der Waals surface area contributed by atoms with Crippen molar-refractivity contribution in [2.45, 2.75) is 20.3 Å². The lowest BCUT2D eigenvalue weighted by Crippen LogP contribution is -1.70. The number of phenolic OH excluding ortho intramolecular Hbond substituents is 4. The van der Waals surface area contributed by atoms with E-state index in [9.17, 15) is 0 Å². The highest BCUT2D eigenvalue weighted by Crippen LogP contribution is 2.35. The molecule has 0 radical (unpaired) electrons. The van der Waals surface area contributed by atoms with E-state index in [1.54, 1.807) is 0 Å². The molecule has 0 bridgehead atoms. The highest BCUT2D eigenvalue weighted by Gasteiger charge is 2.05.